The summed E-state index contributed by atoms with van der Waals surface area (Å²) in [6.07, 6.45) is 8.26. The maximum absolute atomic E-state index is 2.55. The maximum Gasteiger partial charge on any atom is 0.0502 e. The molecule has 2 spiro atoms. The SMILES string of the molecule is CC1(C)CCC(C)(C)c2c(N(c3ccc(-c4cccc5c4-c4ccccc4C54C5CC6CC7CC4C75C6)cc3)c3ccc(-c4cccc5ccccc45)cc3)cccc21. The lowest BCUT2D eigenvalue weighted by Crippen LogP contribution is -2.73. The number of hydrogen-bond donors (Lipinski definition) is 0. The van der Waals surface area contributed by atoms with Gasteiger partial charge in [-0.1, -0.05) is 149 Å². The minimum Gasteiger partial charge on any atom is -0.310 e. The Morgan fingerprint density at radius 1 is 0.492 bits per heavy atom. The van der Waals surface area contributed by atoms with E-state index in [1.165, 1.54) is 111 Å². The number of hydrogen-bond acceptors (Lipinski definition) is 1. The van der Waals surface area contributed by atoms with Gasteiger partial charge in [0.2, 0.25) is 0 Å². The van der Waals surface area contributed by atoms with Gasteiger partial charge < -0.3 is 4.90 Å². The Labute approximate surface area is 350 Å². The summed E-state index contributed by atoms with van der Waals surface area (Å²) in [4.78, 5) is 2.55. The van der Waals surface area contributed by atoms with Crippen molar-refractivity contribution >= 4 is 27.8 Å². The van der Waals surface area contributed by atoms with Crippen LogP contribution in [0.25, 0.3) is 44.2 Å². The Bertz CT molecular complexity index is 2870. The zero-order valence-electron chi connectivity index (χ0n) is 34.9. The van der Waals surface area contributed by atoms with Gasteiger partial charge in [0.1, 0.15) is 0 Å². The summed E-state index contributed by atoms with van der Waals surface area (Å²) in [5.74, 6) is 3.61. The molecule has 59 heavy (non-hydrogen) atoms. The van der Waals surface area contributed by atoms with Crippen LogP contribution in [0.5, 0.6) is 0 Å². The molecule has 0 aliphatic heterocycles. The fraction of sp³-hybridized carbons (Fsp3) is 0.310. The number of anilines is 3. The molecule has 6 unspecified atom stereocenters. The van der Waals surface area contributed by atoms with Gasteiger partial charge in [0, 0.05) is 16.8 Å². The quantitative estimate of drug-likeness (QED) is 0.169. The van der Waals surface area contributed by atoms with E-state index in [0.29, 0.717) is 5.41 Å². The second kappa shape index (κ2) is 11.7. The highest BCUT2D eigenvalue weighted by atomic mass is 15.1. The standard InChI is InChI=1S/C58H53N/c1-55(2)30-31-56(3,4)54-49(55)20-11-21-50(54)59(41-26-22-38(23-27-41)44-16-9-13-37-12-5-6-14-43(37)44)42-28-24-39(25-29-42)45-17-10-19-48-53(45)46-15-7-8-18-47(46)58(48)51-33-36-32-40-34-52(58)57(40,51)35-36/h5-29,36,40,51-52H,30-35H2,1-4H3. The lowest BCUT2D eigenvalue weighted by molar-refractivity contribution is -0.231. The third-order valence-electron chi connectivity index (χ3n) is 17.4. The number of nitrogens with zero attached hydrogens (tertiary/aromatic N) is 1. The highest BCUT2D eigenvalue weighted by Gasteiger charge is 2.84. The maximum atomic E-state index is 2.55. The summed E-state index contributed by atoms with van der Waals surface area (Å²) >= 11 is 0. The van der Waals surface area contributed by atoms with E-state index < -0.39 is 0 Å². The second-order valence-corrected chi connectivity index (χ2v) is 20.8. The van der Waals surface area contributed by atoms with E-state index in [1.54, 1.807) is 11.1 Å². The predicted molar refractivity (Wildman–Crippen MR) is 246 cm³/mol. The average Bonchev–Trinajstić information content (AvgIpc) is 3.90. The predicted octanol–water partition coefficient (Wildman–Crippen LogP) is 15.3. The van der Waals surface area contributed by atoms with Crippen molar-refractivity contribution in [3.63, 3.8) is 0 Å². The zero-order chi connectivity index (χ0) is 39.5. The van der Waals surface area contributed by atoms with Gasteiger partial charge >= 0.3 is 0 Å². The van der Waals surface area contributed by atoms with Crippen molar-refractivity contribution in [1.82, 2.24) is 0 Å². The van der Waals surface area contributed by atoms with Crippen LogP contribution in [0.3, 0.4) is 0 Å². The van der Waals surface area contributed by atoms with Crippen LogP contribution in [-0.4, -0.2) is 0 Å². The van der Waals surface area contributed by atoms with Crippen LogP contribution in [-0.2, 0) is 16.2 Å². The highest BCUT2D eigenvalue weighted by Crippen LogP contribution is 2.89. The molecule has 0 heterocycles. The summed E-state index contributed by atoms with van der Waals surface area (Å²) in [7, 11) is 0. The van der Waals surface area contributed by atoms with E-state index in [1.807, 2.05) is 0 Å². The average molecular weight is 764 g/mol. The summed E-state index contributed by atoms with van der Waals surface area (Å²) in [6, 6.07) is 58.3. The van der Waals surface area contributed by atoms with Crippen molar-refractivity contribution in [3.8, 4) is 33.4 Å². The van der Waals surface area contributed by atoms with Gasteiger partial charge in [-0.15, -0.1) is 0 Å². The third kappa shape index (κ3) is 4.32. The molecule has 6 aliphatic rings. The molecule has 7 aromatic rings. The van der Waals surface area contributed by atoms with E-state index in [9.17, 15) is 0 Å². The van der Waals surface area contributed by atoms with Crippen molar-refractivity contribution < 1.29 is 0 Å². The Hall–Kier alpha value is -5.40. The Kier molecular flexibility index (Phi) is 6.81. The molecule has 7 aromatic carbocycles. The first kappa shape index (κ1) is 34.5. The fourth-order valence-electron chi connectivity index (χ4n) is 15.0. The molecule has 13 rings (SSSR count). The van der Waals surface area contributed by atoms with E-state index in [0.717, 1.165) is 23.7 Å². The van der Waals surface area contributed by atoms with E-state index in [-0.39, 0.29) is 16.2 Å². The molecule has 4 saturated carbocycles. The van der Waals surface area contributed by atoms with Crippen molar-refractivity contribution in [3.05, 3.63) is 174 Å². The molecule has 1 heteroatoms. The Balaban J connectivity index is 0.945. The molecule has 6 aliphatic carbocycles. The first-order chi connectivity index (χ1) is 28.7. The van der Waals surface area contributed by atoms with Crippen molar-refractivity contribution in [2.45, 2.75) is 82.5 Å². The van der Waals surface area contributed by atoms with Gasteiger partial charge in [-0.2, -0.15) is 0 Å². The van der Waals surface area contributed by atoms with Crippen LogP contribution in [0.1, 0.15) is 88.5 Å². The molecule has 2 bridgehead atoms. The molecule has 1 nitrogen and oxygen atoms in total. The summed E-state index contributed by atoms with van der Waals surface area (Å²) in [5, 5.41) is 2.57. The fourth-order valence-corrected chi connectivity index (χ4v) is 15.0. The smallest absolute Gasteiger partial charge is 0.0502 e. The third-order valence-corrected chi connectivity index (χ3v) is 17.4. The van der Waals surface area contributed by atoms with E-state index in [2.05, 4.69) is 184 Å². The Morgan fingerprint density at radius 3 is 1.88 bits per heavy atom. The van der Waals surface area contributed by atoms with Gasteiger partial charge in [0.15, 0.2) is 0 Å². The van der Waals surface area contributed by atoms with Crippen LogP contribution < -0.4 is 4.90 Å². The molecular formula is C58H53N. The van der Waals surface area contributed by atoms with Crippen molar-refractivity contribution in [2.24, 2.45) is 29.1 Å². The largest absolute Gasteiger partial charge is 0.310 e. The summed E-state index contributed by atoms with van der Waals surface area (Å²) in [5.41, 5.74) is 19.2. The first-order valence-corrected chi connectivity index (χ1v) is 22.6. The van der Waals surface area contributed by atoms with Crippen LogP contribution >= 0.6 is 0 Å². The molecule has 6 atom stereocenters. The van der Waals surface area contributed by atoms with Crippen molar-refractivity contribution in [2.75, 3.05) is 4.90 Å². The minimum atomic E-state index is 0.0514. The molecule has 0 radical (unpaired) electrons. The lowest BCUT2D eigenvalue weighted by atomic mass is 9.27. The topological polar surface area (TPSA) is 3.24 Å². The van der Waals surface area contributed by atoms with Gasteiger partial charge in [-0.25, -0.2) is 0 Å². The van der Waals surface area contributed by atoms with Crippen LogP contribution in [0, 0.1) is 29.1 Å². The molecule has 0 saturated heterocycles. The first-order valence-electron chi connectivity index (χ1n) is 22.6. The van der Waals surface area contributed by atoms with E-state index in [4.69, 9.17) is 0 Å². The summed E-state index contributed by atoms with van der Waals surface area (Å²) < 4.78 is 0. The Morgan fingerprint density at radius 2 is 1.08 bits per heavy atom. The highest BCUT2D eigenvalue weighted by molar-refractivity contribution is 5.97. The second-order valence-electron chi connectivity index (χ2n) is 20.8. The van der Waals surface area contributed by atoms with Crippen molar-refractivity contribution in [1.29, 1.82) is 0 Å². The zero-order valence-corrected chi connectivity index (χ0v) is 34.9. The van der Waals surface area contributed by atoms with Gasteiger partial charge in [-0.3, -0.25) is 0 Å². The van der Waals surface area contributed by atoms with Crippen LogP contribution in [0.15, 0.2) is 152 Å². The van der Waals surface area contributed by atoms with Gasteiger partial charge in [0.05, 0.1) is 5.69 Å². The molecule has 4 fully saturated rings. The lowest BCUT2D eigenvalue weighted by Gasteiger charge is -2.76. The normalized spacial score (nSPS) is 28.0. The molecule has 0 amide bonds. The molecule has 0 N–H and O–H groups in total. The van der Waals surface area contributed by atoms with Crippen LogP contribution in [0.2, 0.25) is 0 Å². The molecule has 0 aromatic heterocycles. The number of rotatable bonds is 5. The molecule has 290 valence electrons. The summed E-state index contributed by atoms with van der Waals surface area (Å²) in [6.45, 7) is 9.79. The number of benzene rings is 7. The van der Waals surface area contributed by atoms with Gasteiger partial charge in [-0.05, 0) is 175 Å². The van der Waals surface area contributed by atoms with E-state index >= 15 is 0 Å². The van der Waals surface area contributed by atoms with Crippen LogP contribution in [0.4, 0.5) is 17.1 Å². The molecular weight excluding hydrogens is 711 g/mol. The number of fused-ring (bicyclic) bond motifs is 10. The van der Waals surface area contributed by atoms with Gasteiger partial charge in [0.25, 0.3) is 0 Å². The minimum absolute atomic E-state index is 0.0514. The monoisotopic (exact) mass is 763 g/mol.